The first-order chi connectivity index (χ1) is 17.1. The van der Waals surface area contributed by atoms with E-state index in [0.29, 0.717) is 38.3 Å². The van der Waals surface area contributed by atoms with E-state index in [0.717, 1.165) is 44.2 Å². The van der Waals surface area contributed by atoms with Gasteiger partial charge < -0.3 is 19.3 Å². The molecule has 1 saturated carbocycles. The van der Waals surface area contributed by atoms with Gasteiger partial charge in [-0.05, 0) is 44.2 Å². The number of benzene rings is 1. The first-order valence-corrected chi connectivity index (χ1v) is 12.1. The number of rotatable bonds is 4. The number of piperidine rings is 1. The molecule has 3 N–H and O–H groups in total. The molecule has 5 rings (SSSR count). The van der Waals surface area contributed by atoms with Crippen molar-refractivity contribution in [2.24, 2.45) is 11.3 Å². The van der Waals surface area contributed by atoms with Crippen molar-refractivity contribution in [1.29, 1.82) is 0 Å². The smallest absolute Gasteiger partial charge is 0.444 e. The number of likely N-dealkylation sites (tertiary alicyclic amines) is 2. The third-order valence-electron chi connectivity index (χ3n) is 7.77. The minimum atomic E-state index is -4.92. The summed E-state index contributed by atoms with van der Waals surface area (Å²) >= 11 is 0. The van der Waals surface area contributed by atoms with Crippen LogP contribution in [-0.4, -0.2) is 66.4 Å². The van der Waals surface area contributed by atoms with Crippen LogP contribution in [-0.2, 0) is 16.1 Å². The summed E-state index contributed by atoms with van der Waals surface area (Å²) in [5, 5.41) is 0. The second kappa shape index (κ2) is 9.67. The molecule has 2 unspecified atom stereocenters. The molecule has 9 nitrogen and oxygen atoms in total. The topological polar surface area (TPSA) is 95.2 Å². The summed E-state index contributed by atoms with van der Waals surface area (Å²) in [5.74, 6) is -1.39. The molecule has 3 saturated heterocycles. The minimum absolute atomic E-state index is 0.0127. The molecule has 3 atom stereocenters. The fourth-order valence-electron chi connectivity index (χ4n) is 5.68. The van der Waals surface area contributed by atoms with E-state index >= 15 is 0 Å². The van der Waals surface area contributed by atoms with Crippen LogP contribution in [0.15, 0.2) is 18.2 Å². The highest BCUT2D eigenvalue weighted by Crippen LogP contribution is 2.42. The van der Waals surface area contributed by atoms with E-state index < -0.39 is 30.6 Å². The molecule has 4 fully saturated rings. The van der Waals surface area contributed by atoms with E-state index in [1.54, 1.807) is 4.90 Å². The second-order valence-electron chi connectivity index (χ2n) is 10.2. The van der Waals surface area contributed by atoms with Gasteiger partial charge in [-0.25, -0.2) is 20.0 Å². The number of hydrogen-bond acceptors (Lipinski definition) is 7. The van der Waals surface area contributed by atoms with Gasteiger partial charge in [-0.15, -0.1) is 13.2 Å². The van der Waals surface area contributed by atoms with Crippen molar-refractivity contribution in [2.45, 2.75) is 57.2 Å². The summed E-state index contributed by atoms with van der Waals surface area (Å²) in [7, 11) is 0. The number of ether oxygens (including phenoxy) is 2. The summed E-state index contributed by atoms with van der Waals surface area (Å²) < 4.78 is 59.7. The number of nitrogens with one attached hydrogen (secondary N) is 3. The first kappa shape index (κ1) is 25.0. The summed E-state index contributed by atoms with van der Waals surface area (Å²) in [6.45, 7) is 1.93. The van der Waals surface area contributed by atoms with Crippen LogP contribution < -0.4 is 21.1 Å². The lowest BCUT2D eigenvalue weighted by Crippen LogP contribution is -2.63. The summed E-state index contributed by atoms with van der Waals surface area (Å²) in [4.78, 5) is 28.9. The molecule has 1 aliphatic carbocycles. The molecule has 13 heteroatoms. The zero-order valence-electron chi connectivity index (χ0n) is 19.6. The van der Waals surface area contributed by atoms with E-state index in [1.807, 2.05) is 4.90 Å². The molecule has 2 amide bonds. The van der Waals surface area contributed by atoms with Crippen LogP contribution in [0.25, 0.3) is 0 Å². The highest BCUT2D eigenvalue weighted by Gasteiger charge is 2.49. The molecular formula is C23H29F4N5O4. The van der Waals surface area contributed by atoms with Crippen LogP contribution in [0.3, 0.4) is 0 Å². The third-order valence-corrected chi connectivity index (χ3v) is 7.77. The largest absolute Gasteiger partial charge is 0.573 e. The standard InChI is InChI=1S/C23H29F4N5O4/c24-17-10-16(36-23(25,26)27)3-1-15(17)11-35-21(34)31-7-5-22(6-8-31)12-32(13-22)20(33)14-2-4-18-19(9-14)29-30-28-18/h1,3,10,14,18-19,28-30H,2,4-9,11-13H2/t14-,18?,19?/m0/s1. The van der Waals surface area contributed by atoms with Crippen molar-refractivity contribution in [2.75, 3.05) is 26.2 Å². The van der Waals surface area contributed by atoms with Crippen molar-refractivity contribution < 1.29 is 36.6 Å². The highest BCUT2D eigenvalue weighted by molar-refractivity contribution is 5.80. The monoisotopic (exact) mass is 515 g/mol. The van der Waals surface area contributed by atoms with Gasteiger partial charge >= 0.3 is 12.5 Å². The van der Waals surface area contributed by atoms with Crippen LogP contribution >= 0.6 is 0 Å². The number of fused-ring (bicyclic) bond motifs is 1. The molecule has 4 aliphatic rings. The highest BCUT2D eigenvalue weighted by atomic mass is 19.4. The van der Waals surface area contributed by atoms with Crippen molar-refractivity contribution in [1.82, 2.24) is 26.2 Å². The fourth-order valence-corrected chi connectivity index (χ4v) is 5.68. The van der Waals surface area contributed by atoms with Gasteiger partial charge in [0.1, 0.15) is 18.2 Å². The zero-order valence-corrected chi connectivity index (χ0v) is 19.6. The van der Waals surface area contributed by atoms with Crippen molar-refractivity contribution in [3.63, 3.8) is 0 Å². The van der Waals surface area contributed by atoms with Crippen molar-refractivity contribution in [3.05, 3.63) is 29.6 Å². The summed E-state index contributed by atoms with van der Waals surface area (Å²) in [6.07, 6.45) is -1.40. The Morgan fingerprint density at radius 1 is 1.06 bits per heavy atom. The van der Waals surface area contributed by atoms with E-state index in [9.17, 15) is 27.2 Å². The van der Waals surface area contributed by atoms with Crippen molar-refractivity contribution >= 4 is 12.0 Å². The maximum absolute atomic E-state index is 14.1. The van der Waals surface area contributed by atoms with Gasteiger partial charge in [0.15, 0.2) is 0 Å². The number of alkyl halides is 3. The summed E-state index contributed by atoms with van der Waals surface area (Å²) in [6, 6.07) is 3.29. The van der Waals surface area contributed by atoms with Gasteiger partial charge in [-0.3, -0.25) is 4.79 Å². The quantitative estimate of drug-likeness (QED) is 0.531. The number of carbonyl (C=O) groups is 2. The van der Waals surface area contributed by atoms with E-state index in [2.05, 4.69) is 21.1 Å². The van der Waals surface area contributed by atoms with Gasteiger partial charge in [-0.1, -0.05) is 0 Å². The Kier molecular flexibility index (Phi) is 6.72. The van der Waals surface area contributed by atoms with Crippen molar-refractivity contribution in [3.8, 4) is 5.75 Å². The number of hydrazine groups is 2. The number of carbonyl (C=O) groups excluding carboxylic acids is 2. The maximum Gasteiger partial charge on any atom is 0.573 e. The molecule has 1 spiro atoms. The number of nitrogens with zero attached hydrogens (tertiary/aromatic N) is 2. The van der Waals surface area contributed by atoms with Crippen LogP contribution in [0, 0.1) is 17.2 Å². The lowest BCUT2D eigenvalue weighted by Gasteiger charge is -2.54. The molecule has 1 aromatic rings. The molecule has 0 radical (unpaired) electrons. The average molecular weight is 516 g/mol. The lowest BCUT2D eigenvalue weighted by atomic mass is 9.71. The minimum Gasteiger partial charge on any atom is -0.444 e. The summed E-state index contributed by atoms with van der Waals surface area (Å²) in [5.41, 5.74) is 9.26. The SMILES string of the molecule is O=C(OCc1ccc(OC(F)(F)F)cc1F)N1CCC2(CC1)CN(C(=O)[C@H]1CCC3NNNC3C1)C2. The van der Waals surface area contributed by atoms with Crippen LogP contribution in [0.4, 0.5) is 22.4 Å². The third kappa shape index (κ3) is 5.37. The first-order valence-electron chi connectivity index (χ1n) is 12.1. The maximum atomic E-state index is 14.1. The molecule has 198 valence electrons. The molecule has 0 bridgehead atoms. The van der Waals surface area contributed by atoms with Crippen LogP contribution in [0.2, 0.25) is 0 Å². The fraction of sp³-hybridized carbons (Fsp3) is 0.652. The predicted octanol–water partition coefficient (Wildman–Crippen LogP) is 2.43. The Hall–Kier alpha value is -2.64. The predicted molar refractivity (Wildman–Crippen MR) is 117 cm³/mol. The van der Waals surface area contributed by atoms with Gasteiger partial charge in [0.25, 0.3) is 0 Å². The van der Waals surface area contributed by atoms with Crippen LogP contribution in [0.1, 0.15) is 37.7 Å². The Morgan fingerprint density at radius 2 is 1.78 bits per heavy atom. The van der Waals surface area contributed by atoms with Gasteiger partial charge in [0, 0.05) is 61.2 Å². The molecule has 1 aromatic carbocycles. The molecule has 3 aliphatic heterocycles. The number of hydrogen-bond donors (Lipinski definition) is 3. The van der Waals surface area contributed by atoms with E-state index in [4.69, 9.17) is 4.74 Å². The van der Waals surface area contributed by atoms with E-state index in [-0.39, 0.29) is 28.8 Å². The Balaban J connectivity index is 1.05. The second-order valence-corrected chi connectivity index (χ2v) is 10.2. The van der Waals surface area contributed by atoms with Gasteiger partial charge in [0.05, 0.1) is 0 Å². The average Bonchev–Trinajstić information content (AvgIpc) is 3.28. The Bertz CT molecular complexity index is 993. The van der Waals surface area contributed by atoms with Gasteiger partial charge in [0.2, 0.25) is 5.91 Å². The number of halogens is 4. The Morgan fingerprint density at radius 3 is 2.47 bits per heavy atom. The molecule has 3 heterocycles. The zero-order chi connectivity index (χ0) is 25.5. The van der Waals surface area contributed by atoms with Crippen LogP contribution in [0.5, 0.6) is 5.75 Å². The Labute approximate surface area is 205 Å². The normalized spacial score (nSPS) is 27.4. The molecule has 36 heavy (non-hydrogen) atoms. The molecule has 0 aromatic heterocycles. The number of amides is 2. The van der Waals surface area contributed by atoms with E-state index in [1.165, 1.54) is 0 Å². The van der Waals surface area contributed by atoms with Gasteiger partial charge in [-0.2, -0.15) is 5.53 Å². The lowest BCUT2D eigenvalue weighted by molar-refractivity contribution is -0.274. The molecular weight excluding hydrogens is 486 g/mol.